The number of carbonyl (C=O) groups excluding carboxylic acids is 1. The van der Waals surface area contributed by atoms with Crippen molar-refractivity contribution in [1.29, 1.82) is 0 Å². The molecule has 1 N–H and O–H groups in total. The Bertz CT molecular complexity index is 664. The average Bonchev–Trinajstić information content (AvgIpc) is 2.91. The van der Waals surface area contributed by atoms with Crippen molar-refractivity contribution in [1.82, 2.24) is 4.98 Å². The third-order valence-corrected chi connectivity index (χ3v) is 4.95. The first-order chi connectivity index (χ1) is 9.49. The summed E-state index contributed by atoms with van der Waals surface area (Å²) >= 11 is 3.47. The van der Waals surface area contributed by atoms with Crippen LogP contribution in [0.15, 0.2) is 28.9 Å². The molecule has 20 heavy (non-hydrogen) atoms. The first-order valence-electron chi connectivity index (χ1n) is 6.95. The first-order valence-corrected chi connectivity index (χ1v) is 7.74. The first kappa shape index (κ1) is 13.8. The normalized spacial score (nSPS) is 30.0. The van der Waals surface area contributed by atoms with Crippen LogP contribution >= 0.6 is 15.9 Å². The van der Waals surface area contributed by atoms with E-state index in [1.54, 1.807) is 0 Å². The monoisotopic (exact) mass is 335 g/mol. The van der Waals surface area contributed by atoms with E-state index in [1.807, 2.05) is 38.2 Å². The Morgan fingerprint density at radius 3 is 2.65 bits per heavy atom. The Morgan fingerprint density at radius 2 is 2.00 bits per heavy atom. The van der Waals surface area contributed by atoms with Gasteiger partial charge in [-0.3, -0.25) is 4.79 Å². The van der Waals surface area contributed by atoms with Gasteiger partial charge in [-0.05, 0) is 38.0 Å². The summed E-state index contributed by atoms with van der Waals surface area (Å²) in [6.07, 6.45) is 1.93. The van der Waals surface area contributed by atoms with E-state index in [9.17, 15) is 4.79 Å². The minimum atomic E-state index is -0.0667. The smallest absolute Gasteiger partial charge is 0.171 e. The number of aromatic nitrogens is 1. The lowest BCUT2D eigenvalue weighted by Gasteiger charge is -2.16. The van der Waals surface area contributed by atoms with Crippen LogP contribution in [0.3, 0.4) is 0 Å². The molecule has 1 fully saturated rings. The Labute approximate surface area is 126 Å². The fraction of sp³-hybridized carbons (Fsp3) is 0.438. The summed E-state index contributed by atoms with van der Waals surface area (Å²) in [6, 6.07) is 5.95. The minimum absolute atomic E-state index is 0.0235. The summed E-state index contributed by atoms with van der Waals surface area (Å²) in [5.41, 5.74) is 1.76. The van der Waals surface area contributed by atoms with Gasteiger partial charge in [0.05, 0.1) is 18.1 Å². The molecule has 1 aromatic heterocycles. The van der Waals surface area contributed by atoms with Gasteiger partial charge in [0.25, 0.3) is 0 Å². The van der Waals surface area contributed by atoms with Crippen molar-refractivity contribution in [2.45, 2.75) is 33.0 Å². The number of ketones is 1. The highest BCUT2D eigenvalue weighted by atomic mass is 79.9. The van der Waals surface area contributed by atoms with Gasteiger partial charge in [-0.25, -0.2) is 0 Å². The molecular weight excluding hydrogens is 318 g/mol. The second-order valence-electron chi connectivity index (χ2n) is 5.69. The molecule has 4 unspecified atom stereocenters. The molecule has 2 aromatic rings. The van der Waals surface area contributed by atoms with Crippen LogP contribution in [0.25, 0.3) is 10.9 Å². The third-order valence-electron chi connectivity index (χ3n) is 4.45. The van der Waals surface area contributed by atoms with E-state index in [0.29, 0.717) is 0 Å². The fourth-order valence-corrected chi connectivity index (χ4v) is 3.56. The van der Waals surface area contributed by atoms with Crippen molar-refractivity contribution in [3.8, 4) is 0 Å². The number of carbonyl (C=O) groups is 1. The van der Waals surface area contributed by atoms with Crippen LogP contribution in [0.1, 0.15) is 31.1 Å². The van der Waals surface area contributed by atoms with E-state index in [0.717, 1.165) is 20.9 Å². The third kappa shape index (κ3) is 2.11. The van der Waals surface area contributed by atoms with Crippen LogP contribution in [0, 0.1) is 11.8 Å². The number of nitrogens with one attached hydrogen (secondary N) is 1. The lowest BCUT2D eigenvalue weighted by Crippen LogP contribution is -2.26. The van der Waals surface area contributed by atoms with Gasteiger partial charge < -0.3 is 9.72 Å². The highest BCUT2D eigenvalue weighted by Gasteiger charge is 2.42. The summed E-state index contributed by atoms with van der Waals surface area (Å²) in [5, 5.41) is 0.975. The van der Waals surface area contributed by atoms with E-state index in [-0.39, 0.29) is 29.8 Å². The number of fused-ring (bicyclic) bond motifs is 1. The second kappa shape index (κ2) is 5.01. The zero-order valence-corrected chi connectivity index (χ0v) is 13.4. The van der Waals surface area contributed by atoms with Crippen molar-refractivity contribution < 1.29 is 9.53 Å². The van der Waals surface area contributed by atoms with Crippen molar-refractivity contribution >= 4 is 32.6 Å². The van der Waals surface area contributed by atoms with Gasteiger partial charge in [0, 0.05) is 27.1 Å². The van der Waals surface area contributed by atoms with Gasteiger partial charge in [-0.1, -0.05) is 22.9 Å². The van der Waals surface area contributed by atoms with E-state index < -0.39 is 0 Å². The van der Waals surface area contributed by atoms with Gasteiger partial charge in [0.2, 0.25) is 0 Å². The topological polar surface area (TPSA) is 42.1 Å². The largest absolute Gasteiger partial charge is 0.374 e. The van der Waals surface area contributed by atoms with Gasteiger partial charge in [0.15, 0.2) is 5.78 Å². The Balaban J connectivity index is 2.03. The van der Waals surface area contributed by atoms with Gasteiger partial charge >= 0.3 is 0 Å². The zero-order chi connectivity index (χ0) is 14.4. The molecule has 2 heterocycles. The molecule has 106 valence electrons. The second-order valence-corrected chi connectivity index (χ2v) is 6.60. The van der Waals surface area contributed by atoms with E-state index in [2.05, 4.69) is 27.8 Å². The molecule has 3 rings (SSSR count). The molecule has 0 spiro atoms. The molecule has 3 nitrogen and oxygen atoms in total. The molecule has 0 amide bonds. The van der Waals surface area contributed by atoms with Crippen molar-refractivity contribution in [2.75, 3.05) is 0 Å². The maximum atomic E-state index is 12.9. The number of aromatic amines is 1. The van der Waals surface area contributed by atoms with Crippen molar-refractivity contribution in [3.63, 3.8) is 0 Å². The van der Waals surface area contributed by atoms with E-state index in [4.69, 9.17) is 4.74 Å². The Hall–Kier alpha value is -1.13. The molecule has 1 aromatic carbocycles. The molecule has 1 aliphatic heterocycles. The number of Topliss-reactive ketones (excluding diaryl/α,β-unsaturated/α-hetero) is 1. The maximum Gasteiger partial charge on any atom is 0.171 e. The summed E-state index contributed by atoms with van der Waals surface area (Å²) in [7, 11) is 0. The number of hydrogen-bond acceptors (Lipinski definition) is 2. The molecule has 0 aliphatic carbocycles. The number of H-pyrrole nitrogens is 1. The van der Waals surface area contributed by atoms with Crippen LogP contribution in [-0.2, 0) is 4.74 Å². The highest BCUT2D eigenvalue weighted by molar-refractivity contribution is 9.10. The molecule has 1 aliphatic rings. The number of hydrogen-bond donors (Lipinski definition) is 1. The minimum Gasteiger partial charge on any atom is -0.374 e. The van der Waals surface area contributed by atoms with Gasteiger partial charge in [0.1, 0.15) is 0 Å². The number of benzene rings is 1. The summed E-state index contributed by atoms with van der Waals surface area (Å²) in [4.78, 5) is 16.1. The predicted octanol–water partition coefficient (Wildman–Crippen LogP) is 4.17. The molecule has 1 saturated heterocycles. The average molecular weight is 336 g/mol. The van der Waals surface area contributed by atoms with Gasteiger partial charge in [-0.2, -0.15) is 0 Å². The van der Waals surface area contributed by atoms with Crippen LogP contribution in [0.4, 0.5) is 0 Å². The molecule has 0 radical (unpaired) electrons. The van der Waals surface area contributed by atoms with Crippen LogP contribution in [0.2, 0.25) is 0 Å². The van der Waals surface area contributed by atoms with E-state index in [1.165, 1.54) is 0 Å². The highest BCUT2D eigenvalue weighted by Crippen LogP contribution is 2.36. The number of rotatable bonds is 2. The van der Waals surface area contributed by atoms with Crippen LogP contribution in [-0.4, -0.2) is 23.0 Å². The molecule has 4 heteroatoms. The lowest BCUT2D eigenvalue weighted by molar-refractivity contribution is 0.0491. The maximum absolute atomic E-state index is 12.9. The molecule has 0 saturated carbocycles. The van der Waals surface area contributed by atoms with Crippen molar-refractivity contribution in [3.05, 3.63) is 34.4 Å². The number of halogens is 1. The van der Waals surface area contributed by atoms with Crippen LogP contribution < -0.4 is 0 Å². The zero-order valence-electron chi connectivity index (χ0n) is 11.8. The summed E-state index contributed by atoms with van der Waals surface area (Å²) in [5.74, 6) is 0.358. The quantitative estimate of drug-likeness (QED) is 0.836. The van der Waals surface area contributed by atoms with Crippen LogP contribution in [0.5, 0.6) is 0 Å². The van der Waals surface area contributed by atoms with Gasteiger partial charge in [-0.15, -0.1) is 0 Å². The fourth-order valence-electron chi connectivity index (χ4n) is 3.19. The SMILES string of the molecule is CC1OC(C)C(C(=O)c2c[nH]c3ccc(Br)cc23)C1C. The Morgan fingerprint density at radius 1 is 1.25 bits per heavy atom. The summed E-state index contributed by atoms with van der Waals surface area (Å²) < 4.78 is 6.78. The Kier molecular flexibility index (Phi) is 3.46. The lowest BCUT2D eigenvalue weighted by atomic mass is 9.83. The van der Waals surface area contributed by atoms with E-state index >= 15 is 0 Å². The standard InChI is InChI=1S/C16H18BrNO2/c1-8-9(2)20-10(3)15(8)16(19)13-7-18-14-5-4-11(17)6-12(13)14/h4-10,15,18H,1-3H3. The molecular formula is C16H18BrNO2. The summed E-state index contributed by atoms with van der Waals surface area (Å²) in [6.45, 7) is 6.13. The predicted molar refractivity (Wildman–Crippen MR) is 83.0 cm³/mol. The molecule has 0 bridgehead atoms. The number of ether oxygens (including phenoxy) is 1. The van der Waals surface area contributed by atoms with Crippen molar-refractivity contribution in [2.24, 2.45) is 11.8 Å². The molecule has 4 atom stereocenters.